The van der Waals surface area contributed by atoms with E-state index in [0.29, 0.717) is 22.2 Å². The fourth-order valence-corrected chi connectivity index (χ4v) is 3.96. The van der Waals surface area contributed by atoms with Crippen LogP contribution in [0.15, 0.2) is 53.2 Å². The highest BCUT2D eigenvalue weighted by Crippen LogP contribution is 2.33. The zero-order chi connectivity index (χ0) is 21.8. The molecule has 1 aliphatic heterocycles. The summed E-state index contributed by atoms with van der Waals surface area (Å²) in [4.78, 5) is 30.8. The summed E-state index contributed by atoms with van der Waals surface area (Å²) in [6.07, 6.45) is 1.54. The number of carbonyl (C=O) groups is 2. The topological polar surface area (TPSA) is 61.8 Å². The van der Waals surface area contributed by atoms with Crippen LogP contribution in [0.2, 0.25) is 10.0 Å². The van der Waals surface area contributed by atoms with E-state index in [4.69, 9.17) is 23.2 Å². The Hall–Kier alpha value is -2.35. The van der Waals surface area contributed by atoms with E-state index < -0.39 is 17.0 Å². The largest absolute Gasteiger partial charge is 0.355 e. The SMILES string of the molecule is CCNC(=O)C(C)SC1=N/C(=C\c2ccc(Cl)c(Cl)c2)C(=O)N1c1ccccc1F. The van der Waals surface area contributed by atoms with Crippen molar-refractivity contribution in [2.75, 3.05) is 11.4 Å². The number of amides is 2. The first kappa shape index (κ1) is 22.3. The second kappa shape index (κ2) is 9.64. The van der Waals surface area contributed by atoms with Crippen LogP contribution in [0.3, 0.4) is 0 Å². The predicted molar refractivity (Wildman–Crippen MR) is 121 cm³/mol. The number of hydrogen-bond acceptors (Lipinski definition) is 4. The summed E-state index contributed by atoms with van der Waals surface area (Å²) in [6.45, 7) is 3.99. The van der Waals surface area contributed by atoms with Gasteiger partial charge in [0.1, 0.15) is 11.5 Å². The lowest BCUT2D eigenvalue weighted by Gasteiger charge is -2.20. The van der Waals surface area contributed by atoms with E-state index in [9.17, 15) is 14.0 Å². The summed E-state index contributed by atoms with van der Waals surface area (Å²) in [5.41, 5.74) is 0.782. The first-order valence-corrected chi connectivity index (χ1v) is 10.7. The van der Waals surface area contributed by atoms with E-state index in [1.807, 2.05) is 6.92 Å². The van der Waals surface area contributed by atoms with Gasteiger partial charge in [-0.25, -0.2) is 9.38 Å². The molecule has 0 spiro atoms. The normalized spacial score (nSPS) is 16.0. The monoisotopic (exact) mass is 465 g/mol. The summed E-state index contributed by atoms with van der Waals surface area (Å²) < 4.78 is 14.5. The van der Waals surface area contributed by atoms with Gasteiger partial charge in [-0.1, -0.05) is 53.2 Å². The predicted octanol–water partition coefficient (Wildman–Crippen LogP) is 5.13. The second-order valence-corrected chi connectivity index (χ2v) is 8.47. The molecule has 9 heteroatoms. The summed E-state index contributed by atoms with van der Waals surface area (Å²) in [6, 6.07) is 10.8. The number of amidine groups is 1. The number of carbonyl (C=O) groups excluding carboxylic acids is 2. The lowest BCUT2D eigenvalue weighted by molar-refractivity contribution is -0.120. The van der Waals surface area contributed by atoms with Crippen LogP contribution >= 0.6 is 35.0 Å². The molecule has 0 radical (unpaired) electrons. The number of anilines is 1. The Morgan fingerprint density at radius 3 is 2.67 bits per heavy atom. The van der Waals surface area contributed by atoms with Crippen molar-refractivity contribution in [3.8, 4) is 0 Å². The van der Waals surface area contributed by atoms with Crippen molar-refractivity contribution in [2.45, 2.75) is 19.1 Å². The van der Waals surface area contributed by atoms with E-state index in [1.165, 1.54) is 23.1 Å². The fraction of sp³-hybridized carbons (Fsp3) is 0.190. The molecule has 156 valence electrons. The Labute approximate surface area is 188 Å². The van der Waals surface area contributed by atoms with Crippen LogP contribution in [0.4, 0.5) is 10.1 Å². The molecular formula is C21H18Cl2FN3O2S. The molecule has 30 heavy (non-hydrogen) atoms. The molecule has 1 N–H and O–H groups in total. The fourth-order valence-electron chi connectivity index (χ4n) is 2.71. The van der Waals surface area contributed by atoms with E-state index in [-0.39, 0.29) is 22.5 Å². The number of hydrogen-bond donors (Lipinski definition) is 1. The number of rotatable bonds is 5. The third-order valence-electron chi connectivity index (χ3n) is 4.17. The minimum Gasteiger partial charge on any atom is -0.355 e. The number of benzene rings is 2. The van der Waals surface area contributed by atoms with Gasteiger partial charge in [0, 0.05) is 6.54 Å². The van der Waals surface area contributed by atoms with Crippen LogP contribution in [-0.4, -0.2) is 28.8 Å². The zero-order valence-electron chi connectivity index (χ0n) is 16.2. The Kier molecular flexibility index (Phi) is 7.18. The Morgan fingerprint density at radius 2 is 2.00 bits per heavy atom. The third-order valence-corrected chi connectivity index (χ3v) is 5.96. The molecular weight excluding hydrogens is 448 g/mol. The number of nitrogens with zero attached hydrogens (tertiary/aromatic N) is 2. The number of nitrogens with one attached hydrogen (secondary N) is 1. The van der Waals surface area contributed by atoms with Gasteiger partial charge >= 0.3 is 0 Å². The van der Waals surface area contributed by atoms with Gasteiger partial charge in [-0.2, -0.15) is 0 Å². The van der Waals surface area contributed by atoms with E-state index >= 15 is 0 Å². The van der Waals surface area contributed by atoms with Gasteiger partial charge in [0.2, 0.25) is 5.91 Å². The smallest absolute Gasteiger partial charge is 0.283 e. The van der Waals surface area contributed by atoms with Crippen molar-refractivity contribution >= 4 is 63.7 Å². The number of halogens is 3. The lowest BCUT2D eigenvalue weighted by Crippen LogP contribution is -2.36. The molecule has 1 unspecified atom stereocenters. The quantitative estimate of drug-likeness (QED) is 0.622. The number of aliphatic imine (C=N–C) groups is 1. The van der Waals surface area contributed by atoms with Crippen molar-refractivity contribution in [3.05, 3.63) is 69.6 Å². The van der Waals surface area contributed by atoms with Gasteiger partial charge in [-0.15, -0.1) is 0 Å². The van der Waals surface area contributed by atoms with Crippen molar-refractivity contribution in [3.63, 3.8) is 0 Å². The minimum atomic E-state index is -0.569. The standard InChI is InChI=1S/C21H18Cl2FN3O2S/c1-3-25-19(28)12(2)30-21-26-17(11-13-8-9-14(22)15(23)10-13)20(29)27(21)18-7-5-4-6-16(18)24/h4-12H,3H2,1-2H3,(H,25,28)/b17-11-. The first-order chi connectivity index (χ1) is 14.3. The van der Waals surface area contributed by atoms with Crippen molar-refractivity contribution in [1.82, 2.24) is 5.32 Å². The van der Waals surface area contributed by atoms with Crippen LogP contribution < -0.4 is 10.2 Å². The van der Waals surface area contributed by atoms with Crippen molar-refractivity contribution in [1.29, 1.82) is 0 Å². The highest BCUT2D eigenvalue weighted by molar-refractivity contribution is 8.15. The minimum absolute atomic E-state index is 0.0642. The number of thioether (sulfide) groups is 1. The molecule has 2 aromatic rings. The van der Waals surface area contributed by atoms with Crippen LogP contribution in [0.1, 0.15) is 19.4 Å². The number of para-hydroxylation sites is 1. The molecule has 1 heterocycles. The van der Waals surface area contributed by atoms with Gasteiger partial charge in [-0.3, -0.25) is 14.5 Å². The molecule has 0 aromatic heterocycles. The van der Waals surface area contributed by atoms with E-state index in [2.05, 4.69) is 10.3 Å². The van der Waals surface area contributed by atoms with E-state index in [0.717, 1.165) is 11.8 Å². The van der Waals surface area contributed by atoms with Gasteiger partial charge in [0.15, 0.2) is 5.17 Å². The van der Waals surface area contributed by atoms with Crippen molar-refractivity contribution < 1.29 is 14.0 Å². The maximum absolute atomic E-state index is 14.5. The van der Waals surface area contributed by atoms with Gasteiger partial charge in [-0.05, 0) is 49.8 Å². The first-order valence-electron chi connectivity index (χ1n) is 9.10. The highest BCUT2D eigenvalue weighted by Gasteiger charge is 2.35. The molecule has 0 saturated carbocycles. The van der Waals surface area contributed by atoms with Crippen LogP contribution in [0.5, 0.6) is 0 Å². The molecule has 0 saturated heterocycles. The average Bonchev–Trinajstić information content (AvgIpc) is 3.00. The van der Waals surface area contributed by atoms with E-state index in [1.54, 1.807) is 37.3 Å². The molecule has 1 atom stereocenters. The highest BCUT2D eigenvalue weighted by atomic mass is 35.5. The van der Waals surface area contributed by atoms with Crippen LogP contribution in [0, 0.1) is 5.82 Å². The molecule has 1 aliphatic rings. The molecule has 2 amide bonds. The van der Waals surface area contributed by atoms with Crippen molar-refractivity contribution in [2.24, 2.45) is 4.99 Å². The van der Waals surface area contributed by atoms with Gasteiger partial charge < -0.3 is 5.32 Å². The molecule has 0 bridgehead atoms. The van der Waals surface area contributed by atoms with Gasteiger partial charge in [0.25, 0.3) is 5.91 Å². The summed E-state index contributed by atoms with van der Waals surface area (Å²) in [5, 5.41) is 3.14. The summed E-state index contributed by atoms with van der Waals surface area (Å²) in [7, 11) is 0. The Bertz CT molecular complexity index is 1060. The maximum atomic E-state index is 14.5. The zero-order valence-corrected chi connectivity index (χ0v) is 18.5. The Morgan fingerprint density at radius 1 is 1.27 bits per heavy atom. The molecule has 3 rings (SSSR count). The summed E-state index contributed by atoms with van der Waals surface area (Å²) in [5.74, 6) is -1.27. The third kappa shape index (κ3) is 4.86. The lowest BCUT2D eigenvalue weighted by atomic mass is 10.2. The maximum Gasteiger partial charge on any atom is 0.283 e. The van der Waals surface area contributed by atoms with Crippen LogP contribution in [-0.2, 0) is 9.59 Å². The summed E-state index contributed by atoms with van der Waals surface area (Å²) >= 11 is 13.1. The van der Waals surface area contributed by atoms with Crippen LogP contribution in [0.25, 0.3) is 6.08 Å². The molecule has 0 fully saturated rings. The molecule has 5 nitrogen and oxygen atoms in total. The Balaban J connectivity index is 2.01. The molecule has 0 aliphatic carbocycles. The second-order valence-electron chi connectivity index (χ2n) is 6.34. The van der Waals surface area contributed by atoms with Gasteiger partial charge in [0.05, 0.1) is 21.0 Å². The molecule has 2 aromatic carbocycles. The average molecular weight is 466 g/mol.